The Bertz CT molecular complexity index is 366. The van der Waals surface area contributed by atoms with E-state index < -0.39 is 0 Å². The molecule has 0 amide bonds. The molecule has 0 heterocycles. The minimum atomic E-state index is 0.112. The molecule has 4 heteroatoms. The van der Waals surface area contributed by atoms with Gasteiger partial charge in [-0.3, -0.25) is 0 Å². The summed E-state index contributed by atoms with van der Waals surface area (Å²) in [5, 5.41) is 0. The third kappa shape index (κ3) is 3.46. The zero-order chi connectivity index (χ0) is 13.0. The molecule has 1 fully saturated rings. The Morgan fingerprint density at radius 2 is 1.94 bits per heavy atom. The van der Waals surface area contributed by atoms with Gasteiger partial charge >= 0.3 is 0 Å². The molecule has 0 saturated heterocycles. The average molecular weight is 315 g/mol. The first kappa shape index (κ1) is 13.8. The third-order valence-electron chi connectivity index (χ3n) is 3.09. The van der Waals surface area contributed by atoms with Crippen molar-refractivity contribution in [1.82, 2.24) is 0 Å². The summed E-state index contributed by atoms with van der Waals surface area (Å²) in [7, 11) is 1.68. The van der Waals surface area contributed by atoms with Crippen molar-refractivity contribution in [2.24, 2.45) is 0 Å². The van der Waals surface area contributed by atoms with E-state index in [1.807, 2.05) is 12.1 Å². The van der Waals surface area contributed by atoms with Gasteiger partial charge in [0.05, 0.1) is 13.2 Å². The highest BCUT2D eigenvalue weighted by Gasteiger charge is 2.42. The van der Waals surface area contributed by atoms with Crippen molar-refractivity contribution in [2.45, 2.75) is 30.4 Å². The minimum absolute atomic E-state index is 0.112. The Morgan fingerprint density at radius 3 is 2.56 bits per heavy atom. The van der Waals surface area contributed by atoms with E-state index in [2.05, 4.69) is 35.0 Å². The van der Waals surface area contributed by atoms with E-state index in [4.69, 9.17) is 14.2 Å². The molecule has 1 aromatic carbocycles. The van der Waals surface area contributed by atoms with Crippen LogP contribution in [-0.2, 0) is 9.47 Å². The SMILES string of the molecule is COCCOC1C(Br)CC1Oc1ccc(C)cc1. The summed E-state index contributed by atoms with van der Waals surface area (Å²) in [5.74, 6) is 0.908. The Labute approximate surface area is 117 Å². The van der Waals surface area contributed by atoms with Crippen molar-refractivity contribution < 1.29 is 14.2 Å². The van der Waals surface area contributed by atoms with Crippen LogP contribution in [0, 0.1) is 6.92 Å². The van der Waals surface area contributed by atoms with Gasteiger partial charge in [-0.15, -0.1) is 0 Å². The Hall–Kier alpha value is -0.580. The van der Waals surface area contributed by atoms with Gasteiger partial charge < -0.3 is 14.2 Å². The largest absolute Gasteiger partial charge is 0.488 e. The summed E-state index contributed by atoms with van der Waals surface area (Å²) >= 11 is 3.60. The highest BCUT2D eigenvalue weighted by Crippen LogP contribution is 2.34. The number of alkyl halides is 1. The lowest BCUT2D eigenvalue weighted by Gasteiger charge is -2.40. The van der Waals surface area contributed by atoms with Crippen LogP contribution in [-0.4, -0.2) is 37.4 Å². The van der Waals surface area contributed by atoms with Crippen molar-refractivity contribution in [3.05, 3.63) is 29.8 Å². The minimum Gasteiger partial charge on any atom is -0.488 e. The number of hydrogen-bond acceptors (Lipinski definition) is 3. The van der Waals surface area contributed by atoms with Gasteiger partial charge in [0.2, 0.25) is 0 Å². The number of benzene rings is 1. The molecule has 1 aliphatic carbocycles. The summed E-state index contributed by atoms with van der Waals surface area (Å²) in [6, 6.07) is 8.12. The zero-order valence-corrected chi connectivity index (χ0v) is 12.4. The molecule has 1 saturated carbocycles. The van der Waals surface area contributed by atoms with Crippen LogP contribution in [0.25, 0.3) is 0 Å². The maximum atomic E-state index is 5.92. The maximum Gasteiger partial charge on any atom is 0.127 e. The summed E-state index contributed by atoms with van der Waals surface area (Å²) in [6.07, 6.45) is 1.22. The molecule has 0 spiro atoms. The molecule has 3 nitrogen and oxygen atoms in total. The normalized spacial score (nSPS) is 26.7. The van der Waals surface area contributed by atoms with Gasteiger partial charge in [0.1, 0.15) is 18.0 Å². The van der Waals surface area contributed by atoms with Gasteiger partial charge in [0.25, 0.3) is 0 Å². The fraction of sp³-hybridized carbons (Fsp3) is 0.571. The summed E-state index contributed by atoms with van der Waals surface area (Å²) in [6.45, 7) is 3.29. The molecule has 0 bridgehead atoms. The number of hydrogen-bond donors (Lipinski definition) is 0. The second kappa shape index (κ2) is 6.55. The van der Waals surface area contributed by atoms with Crippen molar-refractivity contribution >= 4 is 15.9 Å². The lowest BCUT2D eigenvalue weighted by molar-refractivity contribution is -0.0865. The number of aryl methyl sites for hydroxylation is 1. The third-order valence-corrected chi connectivity index (χ3v) is 3.98. The molecular weight excluding hydrogens is 296 g/mol. The highest BCUT2D eigenvalue weighted by atomic mass is 79.9. The zero-order valence-electron chi connectivity index (χ0n) is 10.8. The first-order valence-electron chi connectivity index (χ1n) is 6.18. The monoisotopic (exact) mass is 314 g/mol. The second-order valence-corrected chi connectivity index (χ2v) is 5.73. The van der Waals surface area contributed by atoms with Gasteiger partial charge in [-0.2, -0.15) is 0 Å². The Morgan fingerprint density at radius 1 is 1.22 bits per heavy atom. The number of halogens is 1. The van der Waals surface area contributed by atoms with Crippen LogP contribution < -0.4 is 4.74 Å². The van der Waals surface area contributed by atoms with Gasteiger partial charge in [0.15, 0.2) is 0 Å². The van der Waals surface area contributed by atoms with Gasteiger partial charge in [-0.1, -0.05) is 33.6 Å². The molecule has 18 heavy (non-hydrogen) atoms. The van der Waals surface area contributed by atoms with Crippen LogP contribution in [0.1, 0.15) is 12.0 Å². The van der Waals surface area contributed by atoms with Gasteiger partial charge in [-0.25, -0.2) is 0 Å². The quantitative estimate of drug-likeness (QED) is 0.597. The fourth-order valence-corrected chi connectivity index (χ4v) is 2.77. The molecule has 0 radical (unpaired) electrons. The van der Waals surface area contributed by atoms with E-state index in [-0.39, 0.29) is 12.2 Å². The Kier molecular flexibility index (Phi) is 5.03. The smallest absolute Gasteiger partial charge is 0.127 e. The van der Waals surface area contributed by atoms with Gasteiger partial charge in [0, 0.05) is 18.4 Å². The van der Waals surface area contributed by atoms with E-state index in [1.165, 1.54) is 5.56 Å². The predicted molar refractivity (Wildman–Crippen MR) is 74.5 cm³/mol. The van der Waals surface area contributed by atoms with Crippen LogP contribution in [0.2, 0.25) is 0 Å². The van der Waals surface area contributed by atoms with Crippen LogP contribution in [0.3, 0.4) is 0 Å². The van der Waals surface area contributed by atoms with E-state index in [0.717, 1.165) is 12.2 Å². The van der Waals surface area contributed by atoms with Crippen molar-refractivity contribution in [3.8, 4) is 5.75 Å². The van der Waals surface area contributed by atoms with Crippen molar-refractivity contribution in [2.75, 3.05) is 20.3 Å². The molecule has 0 aliphatic heterocycles. The molecule has 0 N–H and O–H groups in total. The summed E-state index contributed by atoms with van der Waals surface area (Å²) in [5.41, 5.74) is 1.24. The predicted octanol–water partition coefficient (Wildman–Crippen LogP) is 2.94. The lowest BCUT2D eigenvalue weighted by atomic mass is 9.91. The number of rotatable bonds is 6. The first-order valence-corrected chi connectivity index (χ1v) is 7.10. The van der Waals surface area contributed by atoms with Crippen LogP contribution in [0.4, 0.5) is 0 Å². The average Bonchev–Trinajstić information content (AvgIpc) is 2.36. The second-order valence-electron chi connectivity index (χ2n) is 4.55. The molecule has 2 rings (SSSR count). The van der Waals surface area contributed by atoms with Crippen molar-refractivity contribution in [3.63, 3.8) is 0 Å². The molecule has 3 atom stereocenters. The first-order chi connectivity index (χ1) is 8.70. The van der Waals surface area contributed by atoms with Crippen LogP contribution in [0.15, 0.2) is 24.3 Å². The molecular formula is C14H19BrO3. The molecule has 0 aromatic heterocycles. The molecule has 3 unspecified atom stereocenters. The fourth-order valence-electron chi connectivity index (χ4n) is 1.91. The summed E-state index contributed by atoms with van der Waals surface area (Å²) < 4.78 is 16.6. The van der Waals surface area contributed by atoms with E-state index in [9.17, 15) is 0 Å². The van der Waals surface area contributed by atoms with Crippen LogP contribution >= 0.6 is 15.9 Å². The van der Waals surface area contributed by atoms with Gasteiger partial charge in [-0.05, 0) is 19.1 Å². The highest BCUT2D eigenvalue weighted by molar-refractivity contribution is 9.09. The lowest BCUT2D eigenvalue weighted by Crippen LogP contribution is -2.52. The maximum absolute atomic E-state index is 5.92. The Balaban J connectivity index is 1.83. The van der Waals surface area contributed by atoms with E-state index in [1.54, 1.807) is 7.11 Å². The van der Waals surface area contributed by atoms with E-state index >= 15 is 0 Å². The topological polar surface area (TPSA) is 27.7 Å². The van der Waals surface area contributed by atoms with Crippen molar-refractivity contribution in [1.29, 1.82) is 0 Å². The van der Waals surface area contributed by atoms with E-state index in [0.29, 0.717) is 18.0 Å². The molecule has 100 valence electrons. The molecule has 1 aromatic rings. The van der Waals surface area contributed by atoms with Crippen LogP contribution in [0.5, 0.6) is 5.75 Å². The molecule has 1 aliphatic rings. The standard InChI is InChI=1S/C14H19BrO3/c1-10-3-5-11(6-4-10)18-13-9-12(15)14(13)17-8-7-16-2/h3-6,12-14H,7-9H2,1-2H3. The number of ether oxygens (including phenoxy) is 3. The summed E-state index contributed by atoms with van der Waals surface area (Å²) in [4.78, 5) is 0.379. The number of methoxy groups -OCH3 is 1.